The summed E-state index contributed by atoms with van der Waals surface area (Å²) in [5.41, 5.74) is 4.59. The lowest BCUT2D eigenvalue weighted by atomic mass is 10.0. The Kier molecular flexibility index (Phi) is 3.06. The van der Waals surface area contributed by atoms with Crippen molar-refractivity contribution >= 4 is 27.2 Å². The Bertz CT molecular complexity index is 724. The van der Waals surface area contributed by atoms with Gasteiger partial charge >= 0.3 is 0 Å². The Hall–Kier alpha value is -2.11. The first-order valence-corrected chi connectivity index (χ1v) is 6.69. The number of benzene rings is 2. The molecule has 0 unspecified atom stereocenters. The second-order valence-electron chi connectivity index (χ2n) is 4.07. The molecule has 5 heteroatoms. The van der Waals surface area contributed by atoms with Gasteiger partial charge < -0.3 is 4.74 Å². The van der Waals surface area contributed by atoms with E-state index < -0.39 is 0 Å². The number of ether oxygens (including phenoxy) is 1. The minimum Gasteiger partial charge on any atom is -0.497 e. The van der Waals surface area contributed by atoms with Crippen LogP contribution in [0, 0.1) is 0 Å². The minimum atomic E-state index is 0.709. The van der Waals surface area contributed by atoms with Crippen molar-refractivity contribution in [3.8, 4) is 17.0 Å². The number of nitrogens with two attached hydrogens (primary N) is 1. The zero-order valence-corrected chi connectivity index (χ0v) is 11.2. The molecule has 0 aliphatic rings. The first-order chi connectivity index (χ1) is 9.31. The number of nitrogen functional groups attached to an aromatic ring is 1. The van der Waals surface area contributed by atoms with Gasteiger partial charge in [0.05, 0.1) is 12.8 Å². The molecule has 0 radical (unpaired) electrons. The molecule has 0 aliphatic carbocycles. The van der Waals surface area contributed by atoms with E-state index in [1.54, 1.807) is 7.11 Å². The van der Waals surface area contributed by atoms with Crippen LogP contribution in [0.15, 0.2) is 41.8 Å². The lowest BCUT2D eigenvalue weighted by Gasteiger charge is -2.06. The number of hydrogen-bond acceptors (Lipinski definition) is 5. The fraction of sp³-hybridized carbons (Fsp3) is 0.0714. The van der Waals surface area contributed by atoms with E-state index in [1.807, 2.05) is 23.6 Å². The van der Waals surface area contributed by atoms with Crippen molar-refractivity contribution < 1.29 is 4.74 Å². The monoisotopic (exact) mass is 271 g/mol. The Morgan fingerprint density at radius 2 is 2.16 bits per heavy atom. The molecule has 4 nitrogen and oxygen atoms in total. The van der Waals surface area contributed by atoms with Gasteiger partial charge in [0.2, 0.25) is 0 Å². The summed E-state index contributed by atoms with van der Waals surface area (Å²) in [4.78, 5) is 4.44. The zero-order chi connectivity index (χ0) is 13.2. The van der Waals surface area contributed by atoms with Gasteiger partial charge in [-0.3, -0.25) is 5.43 Å². The number of aromatic nitrogens is 1. The molecule has 0 aliphatic heterocycles. The summed E-state index contributed by atoms with van der Waals surface area (Å²) in [7, 11) is 1.67. The largest absolute Gasteiger partial charge is 0.497 e. The normalized spacial score (nSPS) is 10.6. The maximum absolute atomic E-state index is 5.37. The molecule has 0 saturated carbocycles. The summed E-state index contributed by atoms with van der Waals surface area (Å²) in [6, 6.07) is 12.2. The first kappa shape index (κ1) is 12.0. The topological polar surface area (TPSA) is 60.2 Å². The van der Waals surface area contributed by atoms with Gasteiger partial charge in [0.15, 0.2) is 5.13 Å². The van der Waals surface area contributed by atoms with E-state index >= 15 is 0 Å². The van der Waals surface area contributed by atoms with Crippen molar-refractivity contribution in [3.63, 3.8) is 0 Å². The van der Waals surface area contributed by atoms with Crippen LogP contribution in [-0.2, 0) is 0 Å². The van der Waals surface area contributed by atoms with Crippen LogP contribution in [-0.4, -0.2) is 12.1 Å². The van der Waals surface area contributed by atoms with Gasteiger partial charge in [0.25, 0.3) is 0 Å². The molecule has 3 aromatic rings. The van der Waals surface area contributed by atoms with E-state index in [0.29, 0.717) is 5.13 Å². The molecule has 3 N–H and O–H groups in total. The highest BCUT2D eigenvalue weighted by Crippen LogP contribution is 2.32. The molecule has 19 heavy (non-hydrogen) atoms. The summed E-state index contributed by atoms with van der Waals surface area (Å²) < 4.78 is 5.25. The van der Waals surface area contributed by atoms with E-state index in [1.165, 1.54) is 11.3 Å². The Morgan fingerprint density at radius 3 is 2.89 bits per heavy atom. The smallest absolute Gasteiger partial charge is 0.197 e. The molecule has 0 saturated heterocycles. The van der Waals surface area contributed by atoms with Gasteiger partial charge in [-0.25, -0.2) is 10.8 Å². The van der Waals surface area contributed by atoms with Crippen LogP contribution in [0.4, 0.5) is 5.13 Å². The standard InChI is InChI=1S/C14H13N3OS/c1-18-10-5-6-11-9(7-10)3-2-4-12(11)13-8-19-14(16-13)17-15/h2-8H,15H2,1H3,(H,16,17). The number of nitrogens with zero attached hydrogens (tertiary/aromatic N) is 1. The van der Waals surface area contributed by atoms with Crippen molar-refractivity contribution in [2.45, 2.75) is 0 Å². The predicted molar refractivity (Wildman–Crippen MR) is 79.4 cm³/mol. The van der Waals surface area contributed by atoms with Crippen LogP contribution in [0.5, 0.6) is 5.75 Å². The maximum Gasteiger partial charge on any atom is 0.197 e. The summed E-state index contributed by atoms with van der Waals surface area (Å²) in [6.45, 7) is 0. The van der Waals surface area contributed by atoms with Gasteiger partial charge in [-0.2, -0.15) is 0 Å². The first-order valence-electron chi connectivity index (χ1n) is 5.81. The number of nitrogens with one attached hydrogen (secondary N) is 1. The molecule has 0 amide bonds. The third-order valence-electron chi connectivity index (χ3n) is 2.99. The predicted octanol–water partition coefficient (Wildman–Crippen LogP) is 3.26. The van der Waals surface area contributed by atoms with E-state index in [-0.39, 0.29) is 0 Å². The third-order valence-corrected chi connectivity index (χ3v) is 3.76. The molecular formula is C14H13N3OS. The average molecular weight is 271 g/mol. The molecule has 0 bridgehead atoms. The summed E-state index contributed by atoms with van der Waals surface area (Å²) in [6.07, 6.45) is 0. The number of hydrogen-bond donors (Lipinski definition) is 2. The Labute approximate surface area is 114 Å². The molecule has 96 valence electrons. The van der Waals surface area contributed by atoms with Crippen molar-refractivity contribution in [2.75, 3.05) is 12.5 Å². The number of anilines is 1. The fourth-order valence-corrected chi connectivity index (χ4v) is 2.70. The number of methoxy groups -OCH3 is 1. The molecule has 0 atom stereocenters. The van der Waals surface area contributed by atoms with Crippen LogP contribution >= 0.6 is 11.3 Å². The lowest BCUT2D eigenvalue weighted by molar-refractivity contribution is 0.415. The van der Waals surface area contributed by atoms with Crippen LogP contribution in [0.2, 0.25) is 0 Å². The van der Waals surface area contributed by atoms with Crippen molar-refractivity contribution in [1.82, 2.24) is 4.98 Å². The van der Waals surface area contributed by atoms with Crippen molar-refractivity contribution in [1.29, 1.82) is 0 Å². The van der Waals surface area contributed by atoms with Crippen LogP contribution < -0.4 is 16.0 Å². The fourth-order valence-electron chi connectivity index (χ4n) is 2.08. The van der Waals surface area contributed by atoms with Crippen molar-refractivity contribution in [3.05, 3.63) is 41.8 Å². The number of thiazole rings is 1. The molecule has 2 aromatic carbocycles. The van der Waals surface area contributed by atoms with Gasteiger partial charge in [0.1, 0.15) is 5.75 Å². The zero-order valence-electron chi connectivity index (χ0n) is 10.4. The third kappa shape index (κ3) is 2.14. The Morgan fingerprint density at radius 1 is 1.26 bits per heavy atom. The number of hydrazine groups is 1. The van der Waals surface area contributed by atoms with E-state index in [2.05, 4.69) is 28.6 Å². The second-order valence-corrected chi connectivity index (χ2v) is 4.93. The SMILES string of the molecule is COc1ccc2c(-c3csc(NN)n3)cccc2c1. The Balaban J connectivity index is 2.18. The van der Waals surface area contributed by atoms with Crippen LogP contribution in [0.25, 0.3) is 22.0 Å². The summed E-state index contributed by atoms with van der Waals surface area (Å²) >= 11 is 1.49. The molecule has 1 aromatic heterocycles. The summed E-state index contributed by atoms with van der Waals surface area (Å²) in [5, 5.41) is 4.98. The molecule has 1 heterocycles. The average Bonchev–Trinajstić information content (AvgIpc) is 2.94. The van der Waals surface area contributed by atoms with Gasteiger partial charge in [-0.05, 0) is 22.9 Å². The van der Waals surface area contributed by atoms with Gasteiger partial charge in [-0.1, -0.05) is 24.3 Å². The highest BCUT2D eigenvalue weighted by atomic mass is 32.1. The van der Waals surface area contributed by atoms with Crippen LogP contribution in [0.3, 0.4) is 0 Å². The van der Waals surface area contributed by atoms with E-state index in [0.717, 1.165) is 27.8 Å². The van der Waals surface area contributed by atoms with Crippen LogP contribution in [0.1, 0.15) is 0 Å². The molecule has 3 rings (SSSR count). The lowest BCUT2D eigenvalue weighted by Crippen LogP contribution is -2.05. The van der Waals surface area contributed by atoms with Crippen molar-refractivity contribution in [2.24, 2.45) is 5.84 Å². The molecular weight excluding hydrogens is 258 g/mol. The second kappa shape index (κ2) is 4.87. The quantitative estimate of drug-likeness (QED) is 0.567. The summed E-state index contributed by atoms with van der Waals surface area (Å²) in [5.74, 6) is 6.23. The maximum atomic E-state index is 5.37. The minimum absolute atomic E-state index is 0.709. The highest BCUT2D eigenvalue weighted by Gasteiger charge is 2.08. The van der Waals surface area contributed by atoms with Gasteiger partial charge in [-0.15, -0.1) is 11.3 Å². The van der Waals surface area contributed by atoms with E-state index in [9.17, 15) is 0 Å². The van der Waals surface area contributed by atoms with Gasteiger partial charge in [0, 0.05) is 10.9 Å². The number of fused-ring (bicyclic) bond motifs is 1. The molecule has 0 fully saturated rings. The molecule has 0 spiro atoms. The highest BCUT2D eigenvalue weighted by molar-refractivity contribution is 7.14. The van der Waals surface area contributed by atoms with E-state index in [4.69, 9.17) is 10.6 Å². The number of rotatable bonds is 3.